The highest BCUT2D eigenvalue weighted by molar-refractivity contribution is 5.93. The van der Waals surface area contributed by atoms with Gasteiger partial charge in [-0.1, -0.05) is 6.07 Å². The summed E-state index contributed by atoms with van der Waals surface area (Å²) in [4.78, 5) is 59.0. The molecular weight excluding hydrogens is 438 g/mol. The SMILES string of the molecule is CCOC(=O)c1ccc(NC(=O)Cn2c(=O)n(Cc3ccccn3)c(=O)c3ncccc32)cc1. The first-order chi connectivity index (χ1) is 16.5. The Morgan fingerprint density at radius 1 is 0.941 bits per heavy atom. The van der Waals surface area contributed by atoms with Gasteiger partial charge >= 0.3 is 11.7 Å². The Hall–Kier alpha value is -4.60. The summed E-state index contributed by atoms with van der Waals surface area (Å²) in [5.41, 5.74) is 0.438. The molecule has 0 aliphatic carbocycles. The van der Waals surface area contributed by atoms with Crippen LogP contribution in [0.25, 0.3) is 11.0 Å². The average Bonchev–Trinajstić information content (AvgIpc) is 2.85. The van der Waals surface area contributed by atoms with Gasteiger partial charge in [-0.05, 0) is 55.5 Å². The summed E-state index contributed by atoms with van der Waals surface area (Å²) >= 11 is 0. The number of anilines is 1. The summed E-state index contributed by atoms with van der Waals surface area (Å²) in [6.45, 7) is 1.58. The third kappa shape index (κ3) is 4.75. The molecule has 0 saturated heterocycles. The number of benzene rings is 1. The Morgan fingerprint density at radius 3 is 2.41 bits per heavy atom. The summed E-state index contributed by atoms with van der Waals surface area (Å²) in [6, 6.07) is 14.5. The van der Waals surface area contributed by atoms with Crippen molar-refractivity contribution in [1.29, 1.82) is 0 Å². The Kier molecular flexibility index (Phi) is 6.58. The number of ether oxygens (including phenoxy) is 1. The van der Waals surface area contributed by atoms with E-state index in [1.165, 1.54) is 22.9 Å². The van der Waals surface area contributed by atoms with Crippen LogP contribution in [0.2, 0.25) is 0 Å². The second kappa shape index (κ2) is 9.90. The van der Waals surface area contributed by atoms with Gasteiger partial charge in [-0.3, -0.25) is 23.7 Å². The number of hydrogen-bond donors (Lipinski definition) is 1. The van der Waals surface area contributed by atoms with Crippen LogP contribution in [0.15, 0.2) is 76.6 Å². The predicted molar refractivity (Wildman–Crippen MR) is 125 cm³/mol. The van der Waals surface area contributed by atoms with Crippen LogP contribution in [0.3, 0.4) is 0 Å². The Balaban J connectivity index is 1.63. The summed E-state index contributed by atoms with van der Waals surface area (Å²) in [6.07, 6.45) is 3.02. The van der Waals surface area contributed by atoms with Gasteiger partial charge in [-0.25, -0.2) is 14.6 Å². The number of hydrogen-bond acceptors (Lipinski definition) is 7. The highest BCUT2D eigenvalue weighted by atomic mass is 16.5. The summed E-state index contributed by atoms with van der Waals surface area (Å²) in [7, 11) is 0. The summed E-state index contributed by atoms with van der Waals surface area (Å²) in [5.74, 6) is -0.944. The molecule has 4 aromatic rings. The fourth-order valence-corrected chi connectivity index (χ4v) is 3.44. The molecule has 4 rings (SSSR count). The molecule has 0 bridgehead atoms. The zero-order valence-electron chi connectivity index (χ0n) is 18.3. The highest BCUT2D eigenvalue weighted by Gasteiger charge is 2.17. The van der Waals surface area contributed by atoms with Crippen LogP contribution in [0.4, 0.5) is 5.69 Å². The van der Waals surface area contributed by atoms with Crippen LogP contribution in [0, 0.1) is 0 Å². The number of fused-ring (bicyclic) bond motifs is 1. The number of esters is 1. The van der Waals surface area contributed by atoms with Gasteiger partial charge < -0.3 is 10.1 Å². The maximum atomic E-state index is 13.2. The van der Waals surface area contributed by atoms with E-state index in [0.717, 1.165) is 4.57 Å². The van der Waals surface area contributed by atoms with Crippen LogP contribution in [0.5, 0.6) is 0 Å². The number of amides is 1. The van der Waals surface area contributed by atoms with Gasteiger partial charge in [0.05, 0.1) is 29.9 Å². The molecule has 1 aromatic carbocycles. The van der Waals surface area contributed by atoms with Crippen molar-refractivity contribution in [3.8, 4) is 0 Å². The van der Waals surface area contributed by atoms with E-state index in [1.807, 2.05) is 0 Å². The molecule has 0 radical (unpaired) electrons. The molecule has 0 aliphatic heterocycles. The van der Waals surface area contributed by atoms with E-state index >= 15 is 0 Å². The lowest BCUT2D eigenvalue weighted by atomic mass is 10.2. The van der Waals surface area contributed by atoms with Crippen molar-refractivity contribution >= 4 is 28.6 Å². The van der Waals surface area contributed by atoms with Crippen molar-refractivity contribution in [2.24, 2.45) is 0 Å². The lowest BCUT2D eigenvalue weighted by Crippen LogP contribution is -2.42. The molecule has 10 heteroatoms. The lowest BCUT2D eigenvalue weighted by molar-refractivity contribution is -0.116. The van der Waals surface area contributed by atoms with Gasteiger partial charge in [-0.15, -0.1) is 0 Å². The van der Waals surface area contributed by atoms with Crippen LogP contribution in [0.1, 0.15) is 23.0 Å². The van der Waals surface area contributed by atoms with Gasteiger partial charge in [-0.2, -0.15) is 0 Å². The van der Waals surface area contributed by atoms with Crippen molar-refractivity contribution in [2.45, 2.75) is 20.0 Å². The van der Waals surface area contributed by atoms with Crippen molar-refractivity contribution in [2.75, 3.05) is 11.9 Å². The van der Waals surface area contributed by atoms with E-state index in [-0.39, 0.29) is 30.7 Å². The standard InChI is InChI=1S/C24H21N5O5/c1-2-34-23(32)16-8-10-17(11-9-16)27-20(30)15-28-19-7-5-13-26-21(19)22(31)29(24(28)33)14-18-6-3-4-12-25-18/h3-13H,2,14-15H2,1H3,(H,27,30). The first-order valence-corrected chi connectivity index (χ1v) is 10.5. The lowest BCUT2D eigenvalue weighted by Gasteiger charge is -2.13. The van der Waals surface area contributed by atoms with E-state index in [0.29, 0.717) is 16.9 Å². The molecule has 0 atom stereocenters. The number of carbonyl (C=O) groups is 2. The van der Waals surface area contributed by atoms with E-state index in [9.17, 15) is 19.2 Å². The topological polar surface area (TPSA) is 125 Å². The minimum atomic E-state index is -0.649. The minimum Gasteiger partial charge on any atom is -0.462 e. The molecule has 0 fully saturated rings. The van der Waals surface area contributed by atoms with E-state index in [4.69, 9.17) is 4.74 Å². The van der Waals surface area contributed by atoms with E-state index < -0.39 is 23.1 Å². The fraction of sp³-hybridized carbons (Fsp3) is 0.167. The van der Waals surface area contributed by atoms with Gasteiger partial charge in [0.15, 0.2) is 5.52 Å². The number of nitrogens with one attached hydrogen (secondary N) is 1. The molecule has 34 heavy (non-hydrogen) atoms. The minimum absolute atomic E-state index is 0.0536. The molecule has 0 saturated carbocycles. The van der Waals surface area contributed by atoms with Gasteiger partial charge in [0, 0.05) is 18.1 Å². The second-order valence-corrected chi connectivity index (χ2v) is 7.30. The predicted octanol–water partition coefficient (Wildman–Crippen LogP) is 1.82. The average molecular weight is 459 g/mol. The third-order valence-electron chi connectivity index (χ3n) is 5.01. The molecule has 10 nitrogen and oxygen atoms in total. The Morgan fingerprint density at radius 2 is 1.71 bits per heavy atom. The van der Waals surface area contributed by atoms with Gasteiger partial charge in [0.1, 0.15) is 6.54 Å². The monoisotopic (exact) mass is 459 g/mol. The molecule has 0 aliphatic rings. The first kappa shape index (κ1) is 22.6. The smallest absolute Gasteiger partial charge is 0.338 e. The third-order valence-corrected chi connectivity index (χ3v) is 5.01. The molecule has 3 aromatic heterocycles. The Labute approximate surface area is 193 Å². The maximum Gasteiger partial charge on any atom is 0.338 e. The van der Waals surface area contributed by atoms with Crippen molar-refractivity contribution in [3.63, 3.8) is 0 Å². The Bertz CT molecular complexity index is 1460. The number of nitrogens with zero attached hydrogens (tertiary/aromatic N) is 4. The molecule has 0 unspecified atom stereocenters. The van der Waals surface area contributed by atoms with Crippen molar-refractivity contribution in [3.05, 3.63) is 99.1 Å². The largest absolute Gasteiger partial charge is 0.462 e. The zero-order chi connectivity index (χ0) is 24.1. The first-order valence-electron chi connectivity index (χ1n) is 10.5. The quantitative estimate of drug-likeness (QED) is 0.418. The van der Waals surface area contributed by atoms with Crippen LogP contribution in [-0.2, 0) is 22.6 Å². The molecule has 3 heterocycles. The molecule has 1 N–H and O–H groups in total. The van der Waals surface area contributed by atoms with Gasteiger partial charge in [0.2, 0.25) is 5.91 Å². The number of carbonyl (C=O) groups excluding carboxylic acids is 2. The molecular formula is C24H21N5O5. The van der Waals surface area contributed by atoms with Crippen LogP contribution in [-0.4, -0.2) is 37.6 Å². The van der Waals surface area contributed by atoms with Crippen molar-refractivity contribution in [1.82, 2.24) is 19.1 Å². The summed E-state index contributed by atoms with van der Waals surface area (Å²) in [5, 5.41) is 2.69. The van der Waals surface area contributed by atoms with Crippen LogP contribution < -0.4 is 16.6 Å². The normalized spacial score (nSPS) is 10.7. The summed E-state index contributed by atoms with van der Waals surface area (Å²) < 4.78 is 7.16. The molecule has 1 amide bonds. The van der Waals surface area contributed by atoms with Crippen LogP contribution >= 0.6 is 0 Å². The number of rotatable bonds is 7. The highest BCUT2D eigenvalue weighted by Crippen LogP contribution is 2.11. The molecule has 172 valence electrons. The van der Waals surface area contributed by atoms with E-state index in [2.05, 4.69) is 15.3 Å². The number of pyridine rings is 2. The zero-order valence-corrected chi connectivity index (χ0v) is 18.3. The maximum absolute atomic E-state index is 13.2. The van der Waals surface area contributed by atoms with E-state index in [1.54, 1.807) is 55.6 Å². The van der Waals surface area contributed by atoms with Crippen molar-refractivity contribution < 1.29 is 14.3 Å². The number of aromatic nitrogens is 4. The van der Waals surface area contributed by atoms with Gasteiger partial charge in [0.25, 0.3) is 5.56 Å². The molecule has 0 spiro atoms. The second-order valence-electron chi connectivity index (χ2n) is 7.30. The fourth-order valence-electron chi connectivity index (χ4n) is 3.44.